The third-order valence-electron chi connectivity index (χ3n) is 1.16. The minimum Gasteiger partial charge on any atom is -0.192 e. The van der Waals surface area contributed by atoms with Gasteiger partial charge in [-0.2, -0.15) is 5.26 Å². The van der Waals surface area contributed by atoms with E-state index in [0.717, 1.165) is 0 Å². The molecule has 0 bridgehead atoms. The molecule has 1 aromatic carbocycles. The Kier molecular flexibility index (Phi) is 2.99. The highest BCUT2D eigenvalue weighted by Gasteiger charge is 2.06. The SMILES string of the molecule is N#Cc1ccc(Cl)c(Cl)c1I. The van der Waals surface area contributed by atoms with E-state index in [0.29, 0.717) is 19.2 Å². The van der Waals surface area contributed by atoms with Crippen molar-refractivity contribution in [3.05, 3.63) is 31.3 Å². The Morgan fingerprint density at radius 3 is 2.55 bits per heavy atom. The largest absolute Gasteiger partial charge is 0.192 e. The summed E-state index contributed by atoms with van der Waals surface area (Å²) in [6.45, 7) is 0. The molecule has 1 nitrogen and oxygen atoms in total. The molecule has 0 amide bonds. The third kappa shape index (κ3) is 1.78. The van der Waals surface area contributed by atoms with E-state index in [2.05, 4.69) is 0 Å². The third-order valence-corrected chi connectivity index (χ3v) is 3.40. The molecule has 0 aromatic heterocycles. The molecule has 1 rings (SSSR count). The van der Waals surface area contributed by atoms with E-state index in [9.17, 15) is 0 Å². The van der Waals surface area contributed by atoms with E-state index in [1.54, 1.807) is 12.1 Å². The molecule has 0 saturated carbocycles. The van der Waals surface area contributed by atoms with Crippen LogP contribution in [0.3, 0.4) is 0 Å². The maximum atomic E-state index is 8.58. The average molecular weight is 298 g/mol. The summed E-state index contributed by atoms with van der Waals surface area (Å²) < 4.78 is 0.708. The standard InChI is InChI=1S/C7H2Cl2IN/c8-5-2-1-4(3-11)7(10)6(5)9/h1-2H. The van der Waals surface area contributed by atoms with Gasteiger partial charge in [-0.1, -0.05) is 23.2 Å². The van der Waals surface area contributed by atoms with Gasteiger partial charge in [0, 0.05) is 0 Å². The Labute approximate surface area is 88.1 Å². The van der Waals surface area contributed by atoms with Gasteiger partial charge < -0.3 is 0 Å². The minimum absolute atomic E-state index is 0.450. The van der Waals surface area contributed by atoms with Gasteiger partial charge in [0.15, 0.2) is 0 Å². The Morgan fingerprint density at radius 2 is 2.00 bits per heavy atom. The molecular weight excluding hydrogens is 296 g/mol. The van der Waals surface area contributed by atoms with Crippen molar-refractivity contribution in [1.82, 2.24) is 0 Å². The Morgan fingerprint density at radius 1 is 1.36 bits per heavy atom. The summed E-state index contributed by atoms with van der Waals surface area (Å²) in [5.74, 6) is 0. The maximum Gasteiger partial charge on any atom is 0.100 e. The summed E-state index contributed by atoms with van der Waals surface area (Å²) in [5, 5.41) is 9.51. The van der Waals surface area contributed by atoms with Crippen LogP contribution in [-0.4, -0.2) is 0 Å². The first-order valence-corrected chi connectivity index (χ1v) is 4.54. The van der Waals surface area contributed by atoms with Gasteiger partial charge in [0.25, 0.3) is 0 Å². The molecule has 0 aliphatic carbocycles. The van der Waals surface area contributed by atoms with Crippen molar-refractivity contribution < 1.29 is 0 Å². The van der Waals surface area contributed by atoms with Gasteiger partial charge in [-0.3, -0.25) is 0 Å². The lowest BCUT2D eigenvalue weighted by Crippen LogP contribution is -1.82. The van der Waals surface area contributed by atoms with Crippen LogP contribution in [0.5, 0.6) is 0 Å². The van der Waals surface area contributed by atoms with Crippen LogP contribution >= 0.6 is 45.8 Å². The van der Waals surface area contributed by atoms with Gasteiger partial charge in [0.1, 0.15) is 6.07 Å². The van der Waals surface area contributed by atoms with Gasteiger partial charge in [0.2, 0.25) is 0 Å². The Bertz CT molecular complexity index is 330. The maximum absolute atomic E-state index is 8.58. The van der Waals surface area contributed by atoms with E-state index >= 15 is 0 Å². The molecule has 1 aromatic rings. The van der Waals surface area contributed by atoms with E-state index in [-0.39, 0.29) is 0 Å². The highest BCUT2D eigenvalue weighted by molar-refractivity contribution is 14.1. The molecule has 0 spiro atoms. The molecule has 4 heteroatoms. The average Bonchev–Trinajstić information content (AvgIpc) is 2.01. The molecule has 0 radical (unpaired) electrons. The lowest BCUT2D eigenvalue weighted by Gasteiger charge is -1.99. The van der Waals surface area contributed by atoms with E-state index < -0.39 is 0 Å². The normalized spacial score (nSPS) is 9.27. The monoisotopic (exact) mass is 297 g/mol. The molecule has 0 aliphatic heterocycles. The van der Waals surface area contributed by atoms with Gasteiger partial charge in [0.05, 0.1) is 19.2 Å². The fourth-order valence-corrected chi connectivity index (χ4v) is 1.68. The second kappa shape index (κ2) is 3.61. The zero-order chi connectivity index (χ0) is 8.43. The fourth-order valence-electron chi connectivity index (χ4n) is 0.612. The first-order chi connectivity index (χ1) is 5.16. The number of nitriles is 1. The van der Waals surface area contributed by atoms with E-state index in [4.69, 9.17) is 28.5 Å². The topological polar surface area (TPSA) is 23.8 Å². The smallest absolute Gasteiger partial charge is 0.100 e. The molecular formula is C7H2Cl2IN. The lowest BCUT2D eigenvalue weighted by atomic mass is 10.2. The van der Waals surface area contributed by atoms with Crippen molar-refractivity contribution >= 4 is 45.8 Å². The molecule has 0 N–H and O–H groups in total. The number of hydrogen-bond acceptors (Lipinski definition) is 1. The van der Waals surface area contributed by atoms with Crippen molar-refractivity contribution in [3.8, 4) is 6.07 Å². The van der Waals surface area contributed by atoms with Crippen LogP contribution in [0.1, 0.15) is 5.56 Å². The number of rotatable bonds is 0. The quantitative estimate of drug-likeness (QED) is 0.531. The number of halogens is 3. The fraction of sp³-hybridized carbons (Fsp3) is 0. The second-order valence-corrected chi connectivity index (χ2v) is 3.70. The van der Waals surface area contributed by atoms with Crippen LogP contribution in [0, 0.1) is 14.9 Å². The van der Waals surface area contributed by atoms with Crippen LogP contribution in [0.15, 0.2) is 12.1 Å². The molecule has 56 valence electrons. The van der Waals surface area contributed by atoms with Crippen LogP contribution in [0.25, 0.3) is 0 Å². The molecule has 11 heavy (non-hydrogen) atoms. The summed E-state index contributed by atoms with van der Waals surface area (Å²) in [7, 11) is 0. The summed E-state index contributed by atoms with van der Waals surface area (Å²) >= 11 is 13.5. The van der Waals surface area contributed by atoms with Gasteiger partial charge in [-0.15, -0.1) is 0 Å². The first kappa shape index (κ1) is 9.11. The van der Waals surface area contributed by atoms with Crippen LogP contribution in [-0.2, 0) is 0 Å². The number of benzene rings is 1. The summed E-state index contributed by atoms with van der Waals surface area (Å²) in [6, 6.07) is 5.28. The van der Waals surface area contributed by atoms with Gasteiger partial charge >= 0.3 is 0 Å². The minimum atomic E-state index is 0.450. The highest BCUT2D eigenvalue weighted by Crippen LogP contribution is 2.29. The summed E-state index contributed by atoms with van der Waals surface area (Å²) in [4.78, 5) is 0. The van der Waals surface area contributed by atoms with Crippen molar-refractivity contribution in [1.29, 1.82) is 5.26 Å². The van der Waals surface area contributed by atoms with E-state index in [1.165, 1.54) is 0 Å². The van der Waals surface area contributed by atoms with Crippen molar-refractivity contribution in [2.24, 2.45) is 0 Å². The molecule has 0 heterocycles. The number of hydrogen-bond donors (Lipinski definition) is 0. The van der Waals surface area contributed by atoms with E-state index in [1.807, 2.05) is 28.7 Å². The van der Waals surface area contributed by atoms with Gasteiger partial charge in [-0.05, 0) is 34.7 Å². The molecule has 0 saturated heterocycles. The molecule has 0 fully saturated rings. The summed E-state index contributed by atoms with van der Waals surface area (Å²) in [6.07, 6.45) is 0. The second-order valence-electron chi connectivity index (χ2n) is 1.83. The van der Waals surface area contributed by atoms with Crippen LogP contribution in [0.4, 0.5) is 0 Å². The Balaban J connectivity index is 3.40. The predicted molar refractivity (Wildman–Crippen MR) is 53.9 cm³/mol. The van der Waals surface area contributed by atoms with Crippen molar-refractivity contribution in [2.75, 3.05) is 0 Å². The van der Waals surface area contributed by atoms with Gasteiger partial charge in [-0.25, -0.2) is 0 Å². The van der Waals surface area contributed by atoms with Crippen molar-refractivity contribution in [3.63, 3.8) is 0 Å². The Hall–Kier alpha value is 0.0200. The number of nitrogens with zero attached hydrogens (tertiary/aromatic N) is 1. The molecule has 0 atom stereocenters. The highest BCUT2D eigenvalue weighted by atomic mass is 127. The first-order valence-electron chi connectivity index (χ1n) is 2.70. The molecule has 0 aliphatic rings. The van der Waals surface area contributed by atoms with Crippen molar-refractivity contribution in [2.45, 2.75) is 0 Å². The van der Waals surface area contributed by atoms with Crippen LogP contribution < -0.4 is 0 Å². The summed E-state index contributed by atoms with van der Waals surface area (Å²) in [5.41, 5.74) is 0.556. The van der Waals surface area contributed by atoms with Crippen LogP contribution in [0.2, 0.25) is 10.0 Å². The predicted octanol–water partition coefficient (Wildman–Crippen LogP) is 3.47. The zero-order valence-electron chi connectivity index (χ0n) is 5.24. The zero-order valence-corrected chi connectivity index (χ0v) is 8.91. The molecule has 0 unspecified atom stereocenters. The lowest BCUT2D eigenvalue weighted by molar-refractivity contribution is 1.46.